The van der Waals surface area contributed by atoms with Crippen molar-refractivity contribution >= 4 is 42.4 Å². The lowest BCUT2D eigenvalue weighted by molar-refractivity contribution is -0.127. The second-order valence-electron chi connectivity index (χ2n) is 6.48. The molecule has 0 aliphatic carbocycles. The molecule has 2 amide bonds. The molecule has 0 bridgehead atoms. The van der Waals surface area contributed by atoms with Crippen molar-refractivity contribution < 1.29 is 9.59 Å². The zero-order valence-corrected chi connectivity index (χ0v) is 16.9. The zero-order chi connectivity index (χ0) is 17.5. The molecule has 7 nitrogen and oxygen atoms in total. The number of nitrogens with one attached hydrogen (secondary N) is 2. The Morgan fingerprint density at radius 3 is 2.50 bits per heavy atom. The molecule has 1 aromatic heterocycles. The van der Waals surface area contributed by atoms with Crippen LogP contribution in [-0.4, -0.2) is 42.5 Å². The Bertz CT molecular complexity index is 580. The zero-order valence-electron chi connectivity index (χ0n) is 15.2. The molecule has 1 aromatic rings. The largest absolute Gasteiger partial charge is 0.357 e. The standard InChI is InChI=1S/C17H27N5O2.2ClH/c1-12(2)16(18)17(24)21-11-15(23)20-10-13-5-6-19-14(9-13)22-7-3-4-8-22;;/h5-6,9,12,16H,3-4,7-8,10-11,18H2,1-2H3,(H,20,23)(H,21,24);2*1H/t16-;;/m0../s1. The van der Waals surface area contributed by atoms with Crippen molar-refractivity contribution in [2.24, 2.45) is 11.7 Å². The molecule has 0 radical (unpaired) electrons. The third-order valence-corrected chi connectivity index (χ3v) is 4.17. The molecule has 0 aromatic carbocycles. The molecule has 1 aliphatic heterocycles. The summed E-state index contributed by atoms with van der Waals surface area (Å²) in [5.74, 6) is 0.448. The highest BCUT2D eigenvalue weighted by molar-refractivity contribution is 5.87. The summed E-state index contributed by atoms with van der Waals surface area (Å²) in [4.78, 5) is 30.2. The first-order valence-corrected chi connectivity index (χ1v) is 8.47. The Hall–Kier alpha value is -1.57. The summed E-state index contributed by atoms with van der Waals surface area (Å²) in [6.07, 6.45) is 4.15. The normalized spacial score (nSPS) is 14.2. The Morgan fingerprint density at radius 2 is 1.88 bits per heavy atom. The van der Waals surface area contributed by atoms with E-state index in [-0.39, 0.29) is 49.1 Å². The highest BCUT2D eigenvalue weighted by Gasteiger charge is 2.17. The van der Waals surface area contributed by atoms with E-state index in [1.54, 1.807) is 6.20 Å². The minimum atomic E-state index is -0.596. The van der Waals surface area contributed by atoms with Crippen LogP contribution in [0.3, 0.4) is 0 Å². The first-order valence-electron chi connectivity index (χ1n) is 8.47. The molecular weight excluding hydrogens is 377 g/mol. The van der Waals surface area contributed by atoms with Crippen LogP contribution in [0.1, 0.15) is 32.3 Å². The van der Waals surface area contributed by atoms with Crippen LogP contribution in [0.5, 0.6) is 0 Å². The van der Waals surface area contributed by atoms with E-state index in [0.717, 1.165) is 24.5 Å². The third kappa shape index (κ3) is 7.35. The first kappa shape index (κ1) is 24.4. The molecule has 0 unspecified atom stereocenters. The van der Waals surface area contributed by atoms with Crippen LogP contribution in [-0.2, 0) is 16.1 Å². The maximum Gasteiger partial charge on any atom is 0.239 e. The number of nitrogens with two attached hydrogens (primary N) is 1. The van der Waals surface area contributed by atoms with E-state index in [0.29, 0.717) is 6.54 Å². The number of carbonyl (C=O) groups is 2. The fraction of sp³-hybridized carbons (Fsp3) is 0.588. The molecule has 2 rings (SSSR count). The topological polar surface area (TPSA) is 100 Å². The fourth-order valence-corrected chi connectivity index (χ4v) is 2.54. The van der Waals surface area contributed by atoms with Gasteiger partial charge in [-0.2, -0.15) is 0 Å². The molecular formula is C17H29Cl2N5O2. The van der Waals surface area contributed by atoms with E-state index in [9.17, 15) is 9.59 Å². The summed E-state index contributed by atoms with van der Waals surface area (Å²) in [5.41, 5.74) is 6.72. The molecule has 1 atom stereocenters. The Balaban J connectivity index is 0.00000312. The predicted molar refractivity (Wildman–Crippen MR) is 108 cm³/mol. The molecule has 1 aliphatic rings. The van der Waals surface area contributed by atoms with Gasteiger partial charge in [0, 0.05) is 25.8 Å². The molecule has 0 saturated carbocycles. The number of aromatic nitrogens is 1. The van der Waals surface area contributed by atoms with Gasteiger partial charge in [-0.1, -0.05) is 13.8 Å². The van der Waals surface area contributed by atoms with Crippen LogP contribution in [0, 0.1) is 5.92 Å². The summed E-state index contributed by atoms with van der Waals surface area (Å²) >= 11 is 0. The minimum absolute atomic E-state index is 0. The van der Waals surface area contributed by atoms with Gasteiger partial charge in [0.2, 0.25) is 11.8 Å². The maximum atomic E-state index is 11.9. The van der Waals surface area contributed by atoms with Gasteiger partial charge in [0.15, 0.2) is 0 Å². The summed E-state index contributed by atoms with van der Waals surface area (Å²) in [5, 5.41) is 5.36. The summed E-state index contributed by atoms with van der Waals surface area (Å²) in [6, 6.07) is 3.28. The van der Waals surface area contributed by atoms with Gasteiger partial charge in [0.05, 0.1) is 12.6 Å². The van der Waals surface area contributed by atoms with Crippen molar-refractivity contribution in [2.45, 2.75) is 39.3 Å². The lowest BCUT2D eigenvalue weighted by atomic mass is 10.1. The van der Waals surface area contributed by atoms with E-state index in [2.05, 4.69) is 20.5 Å². The Labute approximate surface area is 167 Å². The van der Waals surface area contributed by atoms with E-state index in [1.165, 1.54) is 12.8 Å². The quantitative estimate of drug-likeness (QED) is 0.633. The number of hydrogen-bond donors (Lipinski definition) is 3. The average molecular weight is 406 g/mol. The number of amides is 2. The predicted octanol–water partition coefficient (Wildman–Crippen LogP) is 1.24. The van der Waals surface area contributed by atoms with Gasteiger partial charge in [-0.15, -0.1) is 24.8 Å². The van der Waals surface area contributed by atoms with E-state index in [4.69, 9.17) is 5.73 Å². The van der Waals surface area contributed by atoms with Crippen LogP contribution in [0.25, 0.3) is 0 Å². The van der Waals surface area contributed by atoms with Gasteiger partial charge in [-0.25, -0.2) is 4.98 Å². The minimum Gasteiger partial charge on any atom is -0.357 e. The third-order valence-electron chi connectivity index (χ3n) is 4.17. The highest BCUT2D eigenvalue weighted by atomic mass is 35.5. The number of hydrogen-bond acceptors (Lipinski definition) is 5. The van der Waals surface area contributed by atoms with Gasteiger partial charge in [0.25, 0.3) is 0 Å². The number of rotatable bonds is 7. The van der Waals surface area contributed by atoms with Gasteiger partial charge >= 0.3 is 0 Å². The van der Waals surface area contributed by atoms with Crippen molar-refractivity contribution in [2.75, 3.05) is 24.5 Å². The summed E-state index contributed by atoms with van der Waals surface area (Å²) in [6.45, 7) is 6.14. The van der Waals surface area contributed by atoms with E-state index < -0.39 is 6.04 Å². The molecule has 148 valence electrons. The monoisotopic (exact) mass is 405 g/mol. The smallest absolute Gasteiger partial charge is 0.239 e. The second kappa shape index (κ2) is 11.9. The number of carbonyl (C=O) groups excluding carboxylic acids is 2. The molecule has 0 spiro atoms. The Kier molecular flexibility index (Phi) is 11.2. The highest BCUT2D eigenvalue weighted by Crippen LogP contribution is 2.18. The van der Waals surface area contributed by atoms with Crippen LogP contribution < -0.4 is 21.3 Å². The maximum absolute atomic E-state index is 11.9. The van der Waals surface area contributed by atoms with Crippen molar-refractivity contribution in [1.29, 1.82) is 0 Å². The van der Waals surface area contributed by atoms with Crippen LogP contribution in [0.15, 0.2) is 18.3 Å². The molecule has 1 fully saturated rings. The number of halogens is 2. The van der Waals surface area contributed by atoms with Gasteiger partial charge in [0.1, 0.15) is 5.82 Å². The molecule has 9 heteroatoms. The number of nitrogens with zero attached hydrogens (tertiary/aromatic N) is 2. The summed E-state index contributed by atoms with van der Waals surface area (Å²) < 4.78 is 0. The number of anilines is 1. The molecule has 1 saturated heterocycles. The van der Waals surface area contributed by atoms with E-state index >= 15 is 0 Å². The van der Waals surface area contributed by atoms with Crippen LogP contribution in [0.2, 0.25) is 0 Å². The second-order valence-corrected chi connectivity index (χ2v) is 6.48. The summed E-state index contributed by atoms with van der Waals surface area (Å²) in [7, 11) is 0. The van der Waals surface area contributed by atoms with Crippen molar-refractivity contribution in [3.63, 3.8) is 0 Å². The van der Waals surface area contributed by atoms with Gasteiger partial charge in [-0.3, -0.25) is 9.59 Å². The van der Waals surface area contributed by atoms with Gasteiger partial charge in [-0.05, 0) is 36.5 Å². The Morgan fingerprint density at radius 1 is 1.23 bits per heavy atom. The van der Waals surface area contributed by atoms with Crippen LogP contribution in [0.4, 0.5) is 5.82 Å². The van der Waals surface area contributed by atoms with Crippen molar-refractivity contribution in [3.8, 4) is 0 Å². The van der Waals surface area contributed by atoms with Crippen molar-refractivity contribution in [3.05, 3.63) is 23.9 Å². The van der Waals surface area contributed by atoms with Gasteiger partial charge < -0.3 is 21.3 Å². The average Bonchev–Trinajstić information content (AvgIpc) is 3.12. The van der Waals surface area contributed by atoms with Crippen molar-refractivity contribution in [1.82, 2.24) is 15.6 Å². The van der Waals surface area contributed by atoms with Crippen LogP contribution >= 0.6 is 24.8 Å². The molecule has 2 heterocycles. The first-order chi connectivity index (χ1) is 11.5. The lowest BCUT2D eigenvalue weighted by Crippen LogP contribution is -2.47. The van der Waals surface area contributed by atoms with E-state index in [1.807, 2.05) is 26.0 Å². The SMILES string of the molecule is CC(C)[C@H](N)C(=O)NCC(=O)NCc1ccnc(N2CCCC2)c1.Cl.Cl. The lowest BCUT2D eigenvalue weighted by Gasteiger charge is -2.17. The molecule has 26 heavy (non-hydrogen) atoms. The fourth-order valence-electron chi connectivity index (χ4n) is 2.54. The number of pyridine rings is 1. The molecule has 4 N–H and O–H groups in total.